The van der Waals surface area contributed by atoms with E-state index >= 15 is 0 Å². The zero-order valence-corrected chi connectivity index (χ0v) is 9.48. The van der Waals surface area contributed by atoms with E-state index in [2.05, 4.69) is 28.7 Å². The topological polar surface area (TPSA) is 49.2 Å². The third-order valence-electron chi connectivity index (χ3n) is 2.32. The third-order valence-corrected chi connectivity index (χ3v) is 2.32. The lowest BCUT2D eigenvalue weighted by atomic mass is 10.3. The number of hydrogen-bond donors (Lipinski definition) is 1. The molecule has 0 atom stereocenters. The molecule has 0 fully saturated rings. The summed E-state index contributed by atoms with van der Waals surface area (Å²) in [6, 6.07) is 0. The van der Waals surface area contributed by atoms with Crippen molar-refractivity contribution < 1.29 is 5.11 Å². The fourth-order valence-corrected chi connectivity index (χ4v) is 1.41. The Morgan fingerprint density at radius 1 is 1.33 bits per heavy atom. The predicted octanol–water partition coefficient (Wildman–Crippen LogP) is 1.60. The summed E-state index contributed by atoms with van der Waals surface area (Å²) >= 11 is 0. The Morgan fingerprint density at radius 3 is 2.73 bits per heavy atom. The van der Waals surface area contributed by atoms with E-state index in [9.17, 15) is 0 Å². The van der Waals surface area contributed by atoms with Crippen molar-refractivity contribution in [3.63, 3.8) is 0 Å². The number of aliphatic hydroxyl groups is 1. The molecule has 15 heavy (non-hydrogen) atoms. The van der Waals surface area contributed by atoms with Crippen molar-refractivity contribution in [2.24, 2.45) is 0 Å². The van der Waals surface area contributed by atoms with Gasteiger partial charge in [0.25, 0.3) is 0 Å². The molecular weight excluding hydrogens is 190 g/mol. The molecule has 0 aromatic carbocycles. The van der Waals surface area contributed by atoms with Crippen LogP contribution in [0.4, 0.5) is 5.82 Å². The van der Waals surface area contributed by atoms with Gasteiger partial charge < -0.3 is 10.0 Å². The van der Waals surface area contributed by atoms with Crippen molar-refractivity contribution >= 4 is 5.82 Å². The molecule has 0 aliphatic heterocycles. The quantitative estimate of drug-likeness (QED) is 0.773. The molecule has 1 heterocycles. The highest BCUT2D eigenvalue weighted by atomic mass is 16.3. The summed E-state index contributed by atoms with van der Waals surface area (Å²) in [5.74, 6) is 0.859. The Kier molecular flexibility index (Phi) is 5.04. The molecule has 0 amide bonds. The van der Waals surface area contributed by atoms with E-state index in [0.29, 0.717) is 5.69 Å². The van der Waals surface area contributed by atoms with E-state index < -0.39 is 0 Å². The Balaban J connectivity index is 2.72. The molecule has 0 unspecified atom stereocenters. The van der Waals surface area contributed by atoms with Gasteiger partial charge >= 0.3 is 0 Å². The fraction of sp³-hybridized carbons (Fsp3) is 0.636. The van der Waals surface area contributed by atoms with Crippen molar-refractivity contribution in [3.05, 3.63) is 18.1 Å². The Bertz CT molecular complexity index is 291. The van der Waals surface area contributed by atoms with Crippen molar-refractivity contribution in [2.75, 3.05) is 18.0 Å². The smallest absolute Gasteiger partial charge is 0.147 e. The standard InChI is InChI=1S/C11H19N3O/c1-3-5-6-14(4-2)11-8-12-7-10(9-15)13-11/h7-8,15H,3-6,9H2,1-2H3. The molecule has 0 bridgehead atoms. The second-order valence-corrected chi connectivity index (χ2v) is 3.46. The lowest BCUT2D eigenvalue weighted by Gasteiger charge is -2.21. The minimum Gasteiger partial charge on any atom is -0.390 e. The Morgan fingerprint density at radius 2 is 2.13 bits per heavy atom. The molecular formula is C11H19N3O. The summed E-state index contributed by atoms with van der Waals surface area (Å²) in [5.41, 5.74) is 0.627. The summed E-state index contributed by atoms with van der Waals surface area (Å²) < 4.78 is 0. The van der Waals surface area contributed by atoms with Crippen LogP contribution < -0.4 is 4.90 Å². The molecule has 4 nitrogen and oxygen atoms in total. The number of unbranched alkanes of at least 4 members (excludes halogenated alkanes) is 1. The highest BCUT2D eigenvalue weighted by molar-refractivity contribution is 5.35. The molecule has 1 N–H and O–H groups in total. The zero-order valence-electron chi connectivity index (χ0n) is 9.48. The van der Waals surface area contributed by atoms with Crippen molar-refractivity contribution in [3.8, 4) is 0 Å². The van der Waals surface area contributed by atoms with E-state index in [4.69, 9.17) is 5.11 Å². The van der Waals surface area contributed by atoms with Crippen LogP contribution >= 0.6 is 0 Å². The Labute approximate surface area is 91.0 Å². The van der Waals surface area contributed by atoms with Crippen molar-refractivity contribution in [1.29, 1.82) is 0 Å². The van der Waals surface area contributed by atoms with Gasteiger partial charge in [-0.15, -0.1) is 0 Å². The van der Waals surface area contributed by atoms with E-state index in [-0.39, 0.29) is 6.61 Å². The molecule has 1 aromatic rings. The monoisotopic (exact) mass is 209 g/mol. The van der Waals surface area contributed by atoms with E-state index in [0.717, 1.165) is 25.3 Å². The van der Waals surface area contributed by atoms with Crippen LogP contribution in [0.2, 0.25) is 0 Å². The first-order valence-electron chi connectivity index (χ1n) is 5.48. The molecule has 1 rings (SSSR count). The van der Waals surface area contributed by atoms with Crippen LogP contribution in [-0.4, -0.2) is 28.2 Å². The van der Waals surface area contributed by atoms with E-state index in [1.807, 2.05) is 0 Å². The summed E-state index contributed by atoms with van der Waals surface area (Å²) in [7, 11) is 0. The SMILES string of the molecule is CCCCN(CC)c1cncc(CO)n1. The molecule has 0 aliphatic carbocycles. The van der Waals surface area contributed by atoms with E-state index in [1.165, 1.54) is 6.42 Å². The number of aromatic nitrogens is 2. The van der Waals surface area contributed by atoms with Gasteiger partial charge in [0.05, 0.1) is 24.7 Å². The maximum absolute atomic E-state index is 8.97. The van der Waals surface area contributed by atoms with Gasteiger partial charge in [0, 0.05) is 13.1 Å². The minimum atomic E-state index is -0.0494. The first kappa shape index (κ1) is 11.9. The maximum atomic E-state index is 8.97. The van der Waals surface area contributed by atoms with Crippen LogP contribution in [0.25, 0.3) is 0 Å². The maximum Gasteiger partial charge on any atom is 0.147 e. The van der Waals surface area contributed by atoms with E-state index in [1.54, 1.807) is 12.4 Å². The van der Waals surface area contributed by atoms with Crippen LogP contribution in [-0.2, 0) is 6.61 Å². The van der Waals surface area contributed by atoms with Gasteiger partial charge in [-0.25, -0.2) is 4.98 Å². The minimum absolute atomic E-state index is 0.0494. The van der Waals surface area contributed by atoms with Gasteiger partial charge in [-0.1, -0.05) is 13.3 Å². The van der Waals surface area contributed by atoms with Crippen molar-refractivity contribution in [1.82, 2.24) is 9.97 Å². The molecule has 0 saturated carbocycles. The number of anilines is 1. The number of nitrogens with zero attached hydrogens (tertiary/aromatic N) is 3. The van der Waals surface area contributed by atoms with Gasteiger partial charge in [0.1, 0.15) is 5.82 Å². The highest BCUT2D eigenvalue weighted by Crippen LogP contribution is 2.10. The average Bonchev–Trinajstić information content (AvgIpc) is 2.30. The predicted molar refractivity (Wildman–Crippen MR) is 60.7 cm³/mol. The molecule has 0 aliphatic rings. The lowest BCUT2D eigenvalue weighted by Crippen LogP contribution is -2.25. The number of hydrogen-bond acceptors (Lipinski definition) is 4. The van der Waals surface area contributed by atoms with Gasteiger partial charge in [0.15, 0.2) is 0 Å². The Hall–Kier alpha value is -1.16. The van der Waals surface area contributed by atoms with Gasteiger partial charge in [0.2, 0.25) is 0 Å². The van der Waals surface area contributed by atoms with Gasteiger partial charge in [-0.05, 0) is 13.3 Å². The summed E-state index contributed by atoms with van der Waals surface area (Å²) in [6.45, 7) is 6.14. The number of rotatable bonds is 6. The highest BCUT2D eigenvalue weighted by Gasteiger charge is 2.05. The largest absolute Gasteiger partial charge is 0.390 e. The first-order valence-corrected chi connectivity index (χ1v) is 5.48. The molecule has 0 saturated heterocycles. The second-order valence-electron chi connectivity index (χ2n) is 3.46. The van der Waals surface area contributed by atoms with Crippen LogP contribution in [0.3, 0.4) is 0 Å². The number of aliphatic hydroxyl groups excluding tert-OH is 1. The average molecular weight is 209 g/mol. The fourth-order valence-electron chi connectivity index (χ4n) is 1.41. The molecule has 4 heteroatoms. The molecule has 0 radical (unpaired) electrons. The first-order chi connectivity index (χ1) is 7.31. The summed E-state index contributed by atoms with van der Waals surface area (Å²) in [5, 5.41) is 8.97. The zero-order chi connectivity index (χ0) is 11.1. The van der Waals surface area contributed by atoms with Crippen molar-refractivity contribution in [2.45, 2.75) is 33.3 Å². The molecule has 0 spiro atoms. The van der Waals surface area contributed by atoms with Crippen LogP contribution in [0.5, 0.6) is 0 Å². The summed E-state index contributed by atoms with van der Waals surface area (Å²) in [6.07, 6.45) is 5.66. The third kappa shape index (κ3) is 3.47. The van der Waals surface area contributed by atoms with Gasteiger partial charge in [-0.2, -0.15) is 0 Å². The normalized spacial score (nSPS) is 10.3. The second kappa shape index (κ2) is 6.35. The van der Waals surface area contributed by atoms with Crippen LogP contribution in [0.1, 0.15) is 32.4 Å². The summed E-state index contributed by atoms with van der Waals surface area (Å²) in [4.78, 5) is 10.6. The lowest BCUT2D eigenvalue weighted by molar-refractivity contribution is 0.276. The molecule has 84 valence electrons. The van der Waals surface area contributed by atoms with Crippen LogP contribution in [0, 0.1) is 0 Å². The van der Waals surface area contributed by atoms with Gasteiger partial charge in [-0.3, -0.25) is 4.98 Å². The molecule has 1 aromatic heterocycles. The van der Waals surface area contributed by atoms with Crippen LogP contribution in [0.15, 0.2) is 12.4 Å².